The standard InChI is InChI=1S/C21H21ClN4O/c1-26(14-17-5-3-2-4-6-17)21(27)19-13-20(25-15-24-19)23-12-11-16-7-9-18(22)10-8-16/h2-10,13,15H,11-12,14H2,1H3,(H,23,24,25). The minimum atomic E-state index is -0.137. The van der Waals surface area contributed by atoms with Gasteiger partial charge in [-0.25, -0.2) is 9.97 Å². The highest BCUT2D eigenvalue weighted by Gasteiger charge is 2.14. The van der Waals surface area contributed by atoms with Crippen molar-refractivity contribution >= 4 is 23.3 Å². The van der Waals surface area contributed by atoms with Gasteiger partial charge in [-0.3, -0.25) is 4.79 Å². The van der Waals surface area contributed by atoms with Gasteiger partial charge in [-0.15, -0.1) is 0 Å². The predicted molar refractivity (Wildman–Crippen MR) is 108 cm³/mol. The summed E-state index contributed by atoms with van der Waals surface area (Å²) in [5.41, 5.74) is 2.63. The van der Waals surface area contributed by atoms with E-state index in [1.54, 1.807) is 18.0 Å². The quantitative estimate of drug-likeness (QED) is 0.671. The topological polar surface area (TPSA) is 58.1 Å². The normalized spacial score (nSPS) is 10.4. The highest BCUT2D eigenvalue weighted by Crippen LogP contribution is 2.12. The zero-order chi connectivity index (χ0) is 19.1. The van der Waals surface area contributed by atoms with Gasteiger partial charge in [0.1, 0.15) is 17.8 Å². The van der Waals surface area contributed by atoms with Gasteiger partial charge in [0.2, 0.25) is 0 Å². The number of carbonyl (C=O) groups is 1. The molecule has 3 rings (SSSR count). The van der Waals surface area contributed by atoms with Crippen molar-refractivity contribution in [1.29, 1.82) is 0 Å². The van der Waals surface area contributed by atoms with E-state index >= 15 is 0 Å². The molecule has 0 aliphatic carbocycles. The third-order valence-electron chi connectivity index (χ3n) is 4.13. The lowest BCUT2D eigenvalue weighted by Crippen LogP contribution is -2.27. The fourth-order valence-corrected chi connectivity index (χ4v) is 2.81. The van der Waals surface area contributed by atoms with Crippen LogP contribution < -0.4 is 5.32 Å². The Labute approximate surface area is 164 Å². The van der Waals surface area contributed by atoms with Crippen LogP contribution in [0.4, 0.5) is 5.82 Å². The molecule has 27 heavy (non-hydrogen) atoms. The summed E-state index contributed by atoms with van der Waals surface area (Å²) in [7, 11) is 1.77. The number of hydrogen-bond acceptors (Lipinski definition) is 4. The number of hydrogen-bond donors (Lipinski definition) is 1. The molecule has 3 aromatic rings. The smallest absolute Gasteiger partial charge is 0.272 e. The number of anilines is 1. The SMILES string of the molecule is CN(Cc1ccccc1)C(=O)c1cc(NCCc2ccc(Cl)cc2)ncn1. The lowest BCUT2D eigenvalue weighted by atomic mass is 10.1. The summed E-state index contributed by atoms with van der Waals surface area (Å²) in [6.45, 7) is 1.23. The second-order valence-electron chi connectivity index (χ2n) is 6.24. The Kier molecular flexibility index (Phi) is 6.39. The van der Waals surface area contributed by atoms with Crippen LogP contribution in [0.15, 0.2) is 67.0 Å². The van der Waals surface area contributed by atoms with Gasteiger partial charge in [0.15, 0.2) is 0 Å². The molecule has 5 nitrogen and oxygen atoms in total. The van der Waals surface area contributed by atoms with Gasteiger partial charge in [0, 0.05) is 31.2 Å². The first kappa shape index (κ1) is 18.9. The molecular formula is C21H21ClN4O. The molecule has 1 N–H and O–H groups in total. The highest BCUT2D eigenvalue weighted by atomic mass is 35.5. The monoisotopic (exact) mass is 380 g/mol. The lowest BCUT2D eigenvalue weighted by molar-refractivity contribution is 0.0779. The van der Waals surface area contributed by atoms with Crippen molar-refractivity contribution in [2.45, 2.75) is 13.0 Å². The molecule has 0 bridgehead atoms. The molecule has 0 saturated heterocycles. The fourth-order valence-electron chi connectivity index (χ4n) is 2.68. The molecule has 1 aromatic heterocycles. The Bertz CT molecular complexity index is 884. The number of carbonyl (C=O) groups excluding carboxylic acids is 1. The van der Waals surface area contributed by atoms with Gasteiger partial charge < -0.3 is 10.2 Å². The van der Waals surface area contributed by atoms with Gasteiger partial charge >= 0.3 is 0 Å². The van der Waals surface area contributed by atoms with Gasteiger partial charge in [0.05, 0.1) is 0 Å². The molecule has 0 fully saturated rings. The van der Waals surface area contributed by atoms with E-state index in [9.17, 15) is 4.79 Å². The van der Waals surface area contributed by atoms with Crippen LogP contribution in [0, 0.1) is 0 Å². The average molecular weight is 381 g/mol. The van der Waals surface area contributed by atoms with Crippen LogP contribution in [-0.2, 0) is 13.0 Å². The van der Waals surface area contributed by atoms with Gasteiger partial charge in [-0.2, -0.15) is 0 Å². The summed E-state index contributed by atoms with van der Waals surface area (Å²) in [5.74, 6) is 0.498. The first-order chi connectivity index (χ1) is 13.1. The summed E-state index contributed by atoms with van der Waals surface area (Å²) < 4.78 is 0. The minimum absolute atomic E-state index is 0.137. The molecule has 0 spiro atoms. The maximum Gasteiger partial charge on any atom is 0.272 e. The number of nitrogens with one attached hydrogen (secondary N) is 1. The van der Waals surface area contributed by atoms with Crippen molar-refractivity contribution in [3.05, 3.63) is 88.8 Å². The Morgan fingerprint density at radius 3 is 2.52 bits per heavy atom. The lowest BCUT2D eigenvalue weighted by Gasteiger charge is -2.17. The van der Waals surface area contributed by atoms with Gasteiger partial charge in [0.25, 0.3) is 5.91 Å². The molecule has 0 saturated carbocycles. The van der Waals surface area contributed by atoms with Crippen molar-refractivity contribution < 1.29 is 4.79 Å². The molecule has 6 heteroatoms. The Morgan fingerprint density at radius 1 is 1.04 bits per heavy atom. The second-order valence-corrected chi connectivity index (χ2v) is 6.67. The number of benzene rings is 2. The minimum Gasteiger partial charge on any atom is -0.370 e. The number of amides is 1. The van der Waals surface area contributed by atoms with E-state index in [4.69, 9.17) is 11.6 Å². The highest BCUT2D eigenvalue weighted by molar-refractivity contribution is 6.30. The molecule has 2 aromatic carbocycles. The molecule has 0 aliphatic heterocycles. The molecule has 1 heterocycles. The number of aromatic nitrogens is 2. The van der Waals surface area contributed by atoms with E-state index in [-0.39, 0.29) is 5.91 Å². The van der Waals surface area contributed by atoms with Crippen LogP contribution in [0.25, 0.3) is 0 Å². The van der Waals surface area contributed by atoms with Crippen LogP contribution in [0.2, 0.25) is 5.02 Å². The average Bonchev–Trinajstić information content (AvgIpc) is 2.70. The third-order valence-corrected chi connectivity index (χ3v) is 4.38. The predicted octanol–water partition coefficient (Wildman–Crippen LogP) is 4.06. The van der Waals surface area contributed by atoms with Crippen molar-refractivity contribution in [2.24, 2.45) is 0 Å². The van der Waals surface area contributed by atoms with E-state index in [1.165, 1.54) is 11.9 Å². The zero-order valence-corrected chi connectivity index (χ0v) is 15.9. The molecule has 0 aliphatic rings. The van der Waals surface area contributed by atoms with E-state index in [0.29, 0.717) is 24.6 Å². The number of halogens is 1. The van der Waals surface area contributed by atoms with Crippen LogP contribution in [0.3, 0.4) is 0 Å². The van der Waals surface area contributed by atoms with E-state index in [0.717, 1.165) is 17.0 Å². The molecule has 1 amide bonds. The Balaban J connectivity index is 1.57. The first-order valence-corrected chi connectivity index (χ1v) is 9.09. The van der Waals surface area contributed by atoms with E-state index < -0.39 is 0 Å². The molecular weight excluding hydrogens is 360 g/mol. The van der Waals surface area contributed by atoms with Crippen LogP contribution >= 0.6 is 11.6 Å². The molecule has 0 atom stereocenters. The van der Waals surface area contributed by atoms with Crippen LogP contribution in [0.1, 0.15) is 21.6 Å². The van der Waals surface area contributed by atoms with Crippen molar-refractivity contribution in [1.82, 2.24) is 14.9 Å². The summed E-state index contributed by atoms with van der Waals surface area (Å²) in [5, 5.41) is 3.96. The number of nitrogens with zero attached hydrogens (tertiary/aromatic N) is 3. The summed E-state index contributed by atoms with van der Waals surface area (Å²) >= 11 is 5.90. The Hall–Kier alpha value is -2.92. The maximum atomic E-state index is 12.6. The van der Waals surface area contributed by atoms with Gasteiger partial charge in [-0.05, 0) is 29.7 Å². The summed E-state index contributed by atoms with van der Waals surface area (Å²) in [4.78, 5) is 22.6. The zero-order valence-electron chi connectivity index (χ0n) is 15.1. The van der Waals surface area contributed by atoms with Crippen molar-refractivity contribution in [2.75, 3.05) is 18.9 Å². The van der Waals surface area contributed by atoms with Crippen LogP contribution in [0.5, 0.6) is 0 Å². The van der Waals surface area contributed by atoms with Crippen molar-refractivity contribution in [3.8, 4) is 0 Å². The first-order valence-electron chi connectivity index (χ1n) is 8.71. The van der Waals surface area contributed by atoms with Crippen molar-refractivity contribution in [3.63, 3.8) is 0 Å². The molecule has 0 radical (unpaired) electrons. The molecule has 138 valence electrons. The maximum absolute atomic E-state index is 12.6. The van der Waals surface area contributed by atoms with Crippen LogP contribution in [-0.4, -0.2) is 34.4 Å². The fraction of sp³-hybridized carbons (Fsp3) is 0.190. The number of rotatable bonds is 7. The van der Waals surface area contributed by atoms with Gasteiger partial charge in [-0.1, -0.05) is 54.1 Å². The second kappa shape index (κ2) is 9.14. The molecule has 0 unspecified atom stereocenters. The summed E-state index contributed by atoms with van der Waals surface area (Å²) in [6.07, 6.45) is 2.24. The Morgan fingerprint density at radius 2 is 1.78 bits per heavy atom. The van der Waals surface area contributed by atoms with E-state index in [1.807, 2.05) is 54.6 Å². The summed E-state index contributed by atoms with van der Waals surface area (Å²) in [6, 6.07) is 19.3. The third kappa shape index (κ3) is 5.53. The van der Waals surface area contributed by atoms with E-state index in [2.05, 4.69) is 15.3 Å². The largest absolute Gasteiger partial charge is 0.370 e.